The molecule has 156 valence electrons. The Morgan fingerprint density at radius 2 is 1.71 bits per heavy atom. The van der Waals surface area contributed by atoms with Gasteiger partial charge in [0.1, 0.15) is 7.67 Å². The Balaban J connectivity index is 1.86. The number of aromatic nitrogens is 2. The van der Waals surface area contributed by atoms with Gasteiger partial charge in [-0.3, -0.25) is 0 Å². The normalized spacial score (nSPS) is 12.9. The second-order valence-electron chi connectivity index (χ2n) is 9.76. The monoisotopic (exact) mass is 441 g/mol. The minimum atomic E-state index is -1.45. The molecule has 31 heavy (non-hydrogen) atoms. The van der Waals surface area contributed by atoms with Crippen LogP contribution in [0, 0.1) is 6.92 Å². The molecule has 0 radical (unpaired) electrons. The first-order chi connectivity index (χ1) is 15.1. The van der Waals surface area contributed by atoms with Crippen LogP contribution in [0.4, 0.5) is 0 Å². The quantitative estimate of drug-likeness (QED) is 0.269. The van der Waals surface area contributed by atoms with Crippen LogP contribution in [0.1, 0.15) is 32.3 Å². The van der Waals surface area contributed by atoms with Crippen LogP contribution in [0.3, 0.4) is 0 Å². The Bertz CT molecular complexity index is 1510. The number of hydrogen-bond donors (Lipinski definition) is 0. The van der Waals surface area contributed by atoms with Gasteiger partial charge in [0.2, 0.25) is 0 Å². The van der Waals surface area contributed by atoms with Gasteiger partial charge in [0.25, 0.3) is 0 Å². The Labute approximate surface area is 190 Å². The van der Waals surface area contributed by atoms with Crippen molar-refractivity contribution in [2.24, 2.45) is 0 Å². The third-order valence-electron chi connectivity index (χ3n) is 6.22. The second-order valence-corrected chi connectivity index (χ2v) is 15.8. The minimum Gasteiger partial charge on any atom is -0.235 e. The molecule has 0 saturated heterocycles. The van der Waals surface area contributed by atoms with Crippen molar-refractivity contribution < 1.29 is 1.37 Å². The molecule has 4 heteroatoms. The molecule has 0 bridgehead atoms. The maximum atomic E-state index is 8.37. The van der Waals surface area contributed by atoms with E-state index >= 15 is 0 Å². The number of thiophene rings is 1. The van der Waals surface area contributed by atoms with Crippen molar-refractivity contribution >= 4 is 55.7 Å². The molecule has 5 aromatic rings. The maximum absolute atomic E-state index is 8.37. The average Bonchev–Trinajstić information content (AvgIpc) is 3.11. The zero-order chi connectivity index (χ0) is 22.8. The van der Waals surface area contributed by atoms with Gasteiger partial charge in [0, 0.05) is 15.6 Å². The first kappa shape index (κ1) is 19.1. The summed E-state index contributed by atoms with van der Waals surface area (Å²) in [6.07, 6.45) is 0.0818. The SMILES string of the molecule is [2H]c1nc(-c2cc(C(C)C)c3ccccc3c2)c2sc3c(C)c([Si](C)(C)C)ccc3c2n1. The van der Waals surface area contributed by atoms with Crippen molar-refractivity contribution in [3.8, 4) is 11.3 Å². The summed E-state index contributed by atoms with van der Waals surface area (Å²) in [5.41, 5.74) is 5.54. The first-order valence-electron chi connectivity index (χ1n) is 11.4. The molecular weight excluding hydrogens is 412 g/mol. The van der Waals surface area contributed by atoms with Crippen LogP contribution in [0.15, 0.2) is 54.8 Å². The molecular formula is C27H28N2SSi. The molecule has 0 unspecified atom stereocenters. The number of aryl methyl sites for hydroxylation is 1. The summed E-state index contributed by atoms with van der Waals surface area (Å²) >= 11 is 1.78. The predicted octanol–water partition coefficient (Wildman–Crippen LogP) is 7.64. The smallest absolute Gasteiger partial charge is 0.116 e. The Hall–Kier alpha value is -2.56. The van der Waals surface area contributed by atoms with Crippen molar-refractivity contribution in [1.29, 1.82) is 0 Å². The van der Waals surface area contributed by atoms with E-state index in [1.54, 1.807) is 11.3 Å². The third kappa shape index (κ3) is 3.29. The second kappa shape index (κ2) is 7.25. The van der Waals surface area contributed by atoms with Crippen molar-refractivity contribution in [3.05, 3.63) is 66.0 Å². The Morgan fingerprint density at radius 3 is 2.45 bits per heavy atom. The molecule has 0 aliphatic rings. The number of fused-ring (bicyclic) bond motifs is 4. The summed E-state index contributed by atoms with van der Waals surface area (Å²) in [6, 6.07) is 17.5. The van der Waals surface area contributed by atoms with Gasteiger partial charge in [-0.1, -0.05) is 75.1 Å². The van der Waals surface area contributed by atoms with E-state index in [0.717, 1.165) is 26.9 Å². The van der Waals surface area contributed by atoms with E-state index in [1.165, 1.54) is 31.8 Å². The summed E-state index contributed by atoms with van der Waals surface area (Å²) < 4.78 is 10.7. The van der Waals surface area contributed by atoms with Crippen LogP contribution in [-0.4, -0.2) is 18.0 Å². The topological polar surface area (TPSA) is 25.8 Å². The summed E-state index contributed by atoms with van der Waals surface area (Å²) in [7, 11) is -1.45. The highest BCUT2D eigenvalue weighted by atomic mass is 32.1. The van der Waals surface area contributed by atoms with Crippen molar-refractivity contribution in [2.45, 2.75) is 46.3 Å². The van der Waals surface area contributed by atoms with Crippen LogP contribution in [0.25, 0.3) is 42.3 Å². The fourth-order valence-electron chi connectivity index (χ4n) is 4.69. The highest BCUT2D eigenvalue weighted by Crippen LogP contribution is 2.40. The van der Waals surface area contributed by atoms with E-state index in [2.05, 4.69) is 98.9 Å². The molecule has 0 atom stereocenters. The molecule has 0 spiro atoms. The van der Waals surface area contributed by atoms with Gasteiger partial charge in [-0.15, -0.1) is 11.3 Å². The predicted molar refractivity (Wildman–Crippen MR) is 140 cm³/mol. The van der Waals surface area contributed by atoms with Gasteiger partial charge < -0.3 is 0 Å². The number of nitrogens with zero attached hydrogens (tertiary/aromatic N) is 2. The van der Waals surface area contributed by atoms with Gasteiger partial charge in [0.05, 0.1) is 24.0 Å². The standard InChI is InChI=1S/C27H28N2SSi/c1-16(2)22-14-19(13-18-9-7-8-10-20(18)22)24-27-25(29-15-28-24)21-11-12-23(31(4,5)6)17(3)26(21)30-27/h7-16H,1-6H3/i15D. The van der Waals surface area contributed by atoms with Crippen molar-refractivity contribution in [3.63, 3.8) is 0 Å². The largest absolute Gasteiger partial charge is 0.235 e. The average molecular weight is 442 g/mol. The lowest BCUT2D eigenvalue weighted by Gasteiger charge is -2.19. The lowest BCUT2D eigenvalue weighted by molar-refractivity contribution is 0.876. The summed E-state index contributed by atoms with van der Waals surface area (Å²) in [5.74, 6) is 0.400. The van der Waals surface area contributed by atoms with Gasteiger partial charge >= 0.3 is 0 Å². The van der Waals surface area contributed by atoms with Gasteiger partial charge in [-0.05, 0) is 46.9 Å². The van der Waals surface area contributed by atoms with Crippen LogP contribution in [-0.2, 0) is 0 Å². The highest BCUT2D eigenvalue weighted by molar-refractivity contribution is 7.26. The number of benzene rings is 3. The molecule has 0 aliphatic heterocycles. The van der Waals surface area contributed by atoms with E-state index in [1.807, 2.05) is 0 Å². The molecule has 0 fully saturated rings. The van der Waals surface area contributed by atoms with E-state index < -0.39 is 8.07 Å². The molecule has 0 amide bonds. The highest BCUT2D eigenvalue weighted by Gasteiger charge is 2.22. The fraction of sp³-hybridized carbons (Fsp3) is 0.259. The van der Waals surface area contributed by atoms with E-state index in [4.69, 9.17) is 1.37 Å². The fourth-order valence-corrected chi connectivity index (χ4v) is 7.87. The lowest BCUT2D eigenvalue weighted by Crippen LogP contribution is -2.39. The van der Waals surface area contributed by atoms with E-state index in [9.17, 15) is 0 Å². The molecule has 0 aliphatic carbocycles. The number of hydrogen-bond acceptors (Lipinski definition) is 3. The minimum absolute atomic E-state index is 0.0818. The summed E-state index contributed by atoms with van der Waals surface area (Å²) in [4.78, 5) is 9.23. The molecule has 2 aromatic heterocycles. The third-order valence-corrected chi connectivity index (χ3v) is 9.69. The van der Waals surface area contributed by atoms with Crippen LogP contribution in [0.2, 0.25) is 19.6 Å². The van der Waals surface area contributed by atoms with Gasteiger partial charge in [-0.2, -0.15) is 0 Å². The summed E-state index contributed by atoms with van der Waals surface area (Å²) in [5, 5.41) is 5.14. The van der Waals surface area contributed by atoms with Crippen LogP contribution >= 0.6 is 11.3 Å². The molecule has 2 heterocycles. The maximum Gasteiger partial charge on any atom is 0.116 e. The summed E-state index contributed by atoms with van der Waals surface area (Å²) in [6.45, 7) is 13.9. The van der Waals surface area contributed by atoms with Crippen molar-refractivity contribution in [1.82, 2.24) is 9.97 Å². The Morgan fingerprint density at radius 1 is 0.935 bits per heavy atom. The van der Waals surface area contributed by atoms with Gasteiger partial charge in [-0.25, -0.2) is 9.97 Å². The molecule has 2 nitrogen and oxygen atoms in total. The molecule has 0 N–H and O–H groups in total. The van der Waals surface area contributed by atoms with E-state index in [0.29, 0.717) is 5.92 Å². The van der Waals surface area contributed by atoms with Crippen molar-refractivity contribution in [2.75, 3.05) is 0 Å². The molecule has 3 aromatic carbocycles. The van der Waals surface area contributed by atoms with Crippen LogP contribution in [0.5, 0.6) is 0 Å². The Kier molecular flexibility index (Phi) is 4.48. The zero-order valence-corrected chi connectivity index (χ0v) is 20.8. The van der Waals surface area contributed by atoms with Crippen LogP contribution < -0.4 is 5.19 Å². The molecule has 0 saturated carbocycles. The first-order valence-corrected chi connectivity index (χ1v) is 15.2. The zero-order valence-electron chi connectivity index (χ0n) is 20.0. The van der Waals surface area contributed by atoms with E-state index in [-0.39, 0.29) is 6.30 Å². The van der Waals surface area contributed by atoms with Gasteiger partial charge in [0.15, 0.2) is 0 Å². The lowest BCUT2D eigenvalue weighted by atomic mass is 9.92. The number of rotatable bonds is 3. The molecule has 5 rings (SSSR count).